The molecule has 0 spiro atoms. The maximum absolute atomic E-state index is 5.88. The third-order valence-electron chi connectivity index (χ3n) is 3.31. The molecule has 0 saturated heterocycles. The van der Waals surface area contributed by atoms with E-state index in [0.717, 1.165) is 34.4 Å². The van der Waals surface area contributed by atoms with Crippen molar-refractivity contribution in [2.45, 2.75) is 26.2 Å². The summed E-state index contributed by atoms with van der Waals surface area (Å²) in [4.78, 5) is 4.47. The number of pyridine rings is 1. The van der Waals surface area contributed by atoms with Gasteiger partial charge >= 0.3 is 0 Å². The van der Waals surface area contributed by atoms with Gasteiger partial charge in [-0.15, -0.1) is 0 Å². The normalized spacial score (nSPS) is 11.0. The van der Waals surface area contributed by atoms with E-state index < -0.39 is 0 Å². The van der Waals surface area contributed by atoms with Crippen LogP contribution >= 0.6 is 0 Å². The maximum atomic E-state index is 5.88. The molecule has 0 amide bonds. The Hall–Kier alpha value is -2.09. The average molecular weight is 251 g/mol. The fraction of sp³-hybridized carbons (Fsp3) is 0.235. The molecule has 0 saturated carbocycles. The second-order valence-electron chi connectivity index (χ2n) is 4.79. The Labute approximate surface area is 113 Å². The van der Waals surface area contributed by atoms with Crippen molar-refractivity contribution in [2.75, 3.05) is 0 Å². The number of furan rings is 1. The molecule has 0 atom stereocenters. The standard InChI is InChI=1S/C17H17NO/c1-2-3-7-15-9-10-17(19-15)14-11-13-6-4-5-8-16(13)18-12-14/h4-6,8-12H,2-3,7H2,1H3. The van der Waals surface area contributed by atoms with Gasteiger partial charge in [-0.25, -0.2) is 0 Å². The predicted octanol–water partition coefficient (Wildman–Crippen LogP) is 4.84. The molecular formula is C17H17NO. The minimum atomic E-state index is 0.907. The molecule has 0 unspecified atom stereocenters. The van der Waals surface area contributed by atoms with Gasteiger partial charge in [-0.05, 0) is 30.7 Å². The maximum Gasteiger partial charge on any atom is 0.135 e. The molecule has 96 valence electrons. The van der Waals surface area contributed by atoms with Gasteiger partial charge < -0.3 is 4.42 Å². The van der Waals surface area contributed by atoms with E-state index in [1.54, 1.807) is 0 Å². The van der Waals surface area contributed by atoms with Gasteiger partial charge in [0.1, 0.15) is 11.5 Å². The summed E-state index contributed by atoms with van der Waals surface area (Å²) in [7, 11) is 0. The van der Waals surface area contributed by atoms with Crippen LogP contribution < -0.4 is 0 Å². The van der Waals surface area contributed by atoms with Crippen molar-refractivity contribution in [1.82, 2.24) is 4.98 Å². The molecule has 3 aromatic rings. The molecule has 2 heterocycles. The van der Waals surface area contributed by atoms with Crippen LogP contribution in [0.4, 0.5) is 0 Å². The molecule has 0 radical (unpaired) electrons. The lowest BCUT2D eigenvalue weighted by Gasteiger charge is -2.00. The molecule has 0 N–H and O–H groups in total. The molecular weight excluding hydrogens is 234 g/mol. The molecule has 0 fully saturated rings. The third-order valence-corrected chi connectivity index (χ3v) is 3.31. The summed E-state index contributed by atoms with van der Waals surface area (Å²) in [6.07, 6.45) is 5.25. The van der Waals surface area contributed by atoms with E-state index in [0.29, 0.717) is 0 Å². The van der Waals surface area contributed by atoms with Crippen molar-refractivity contribution in [1.29, 1.82) is 0 Å². The van der Waals surface area contributed by atoms with Gasteiger partial charge in [-0.3, -0.25) is 4.98 Å². The average Bonchev–Trinajstić information content (AvgIpc) is 2.93. The third kappa shape index (κ3) is 2.53. The zero-order valence-electron chi connectivity index (χ0n) is 11.1. The molecule has 0 bridgehead atoms. The minimum absolute atomic E-state index is 0.907. The Morgan fingerprint density at radius 1 is 1.11 bits per heavy atom. The number of rotatable bonds is 4. The fourth-order valence-corrected chi connectivity index (χ4v) is 2.22. The first-order chi connectivity index (χ1) is 9.36. The number of nitrogens with zero attached hydrogens (tertiary/aromatic N) is 1. The molecule has 0 aliphatic heterocycles. The van der Waals surface area contributed by atoms with Gasteiger partial charge in [0.2, 0.25) is 0 Å². The lowest BCUT2D eigenvalue weighted by molar-refractivity contribution is 0.512. The van der Waals surface area contributed by atoms with Gasteiger partial charge in [0, 0.05) is 23.6 Å². The summed E-state index contributed by atoms with van der Waals surface area (Å²) >= 11 is 0. The van der Waals surface area contributed by atoms with E-state index in [4.69, 9.17) is 4.42 Å². The lowest BCUT2D eigenvalue weighted by atomic mass is 10.1. The number of hydrogen-bond donors (Lipinski definition) is 0. The lowest BCUT2D eigenvalue weighted by Crippen LogP contribution is -1.81. The van der Waals surface area contributed by atoms with E-state index >= 15 is 0 Å². The summed E-state index contributed by atoms with van der Waals surface area (Å²) < 4.78 is 5.88. The molecule has 0 aliphatic rings. The highest BCUT2D eigenvalue weighted by atomic mass is 16.3. The number of aryl methyl sites for hydroxylation is 1. The van der Waals surface area contributed by atoms with Crippen molar-refractivity contribution in [2.24, 2.45) is 0 Å². The monoisotopic (exact) mass is 251 g/mol. The Bertz CT molecular complexity index is 684. The second-order valence-corrected chi connectivity index (χ2v) is 4.79. The molecule has 2 aromatic heterocycles. The Morgan fingerprint density at radius 2 is 2.00 bits per heavy atom. The number of benzene rings is 1. The van der Waals surface area contributed by atoms with Crippen LogP contribution in [0.5, 0.6) is 0 Å². The highest BCUT2D eigenvalue weighted by Gasteiger charge is 2.06. The zero-order valence-corrected chi connectivity index (χ0v) is 11.1. The minimum Gasteiger partial charge on any atom is -0.461 e. The first-order valence-electron chi connectivity index (χ1n) is 6.80. The second kappa shape index (κ2) is 5.27. The van der Waals surface area contributed by atoms with Gasteiger partial charge in [0.15, 0.2) is 0 Å². The van der Waals surface area contributed by atoms with Crippen LogP contribution in [0.15, 0.2) is 53.1 Å². The van der Waals surface area contributed by atoms with E-state index in [1.807, 2.05) is 30.5 Å². The molecule has 1 aromatic carbocycles. The molecule has 2 nitrogen and oxygen atoms in total. The highest BCUT2D eigenvalue weighted by Crippen LogP contribution is 2.25. The Balaban J connectivity index is 1.92. The number of para-hydroxylation sites is 1. The van der Waals surface area contributed by atoms with Gasteiger partial charge in [0.05, 0.1) is 5.52 Å². The SMILES string of the molecule is CCCCc1ccc(-c2cnc3ccccc3c2)o1. The van der Waals surface area contributed by atoms with Crippen LogP contribution in [-0.2, 0) is 6.42 Å². The van der Waals surface area contributed by atoms with Crippen molar-refractivity contribution in [3.8, 4) is 11.3 Å². The van der Waals surface area contributed by atoms with Crippen LogP contribution in [0.2, 0.25) is 0 Å². The van der Waals surface area contributed by atoms with Crippen molar-refractivity contribution in [3.63, 3.8) is 0 Å². The van der Waals surface area contributed by atoms with Crippen LogP contribution in [0.25, 0.3) is 22.2 Å². The largest absolute Gasteiger partial charge is 0.461 e. The first kappa shape index (κ1) is 12.0. The number of aromatic nitrogens is 1. The summed E-state index contributed by atoms with van der Waals surface area (Å²) in [6, 6.07) is 14.4. The van der Waals surface area contributed by atoms with Crippen LogP contribution in [0, 0.1) is 0 Å². The number of unbranched alkanes of at least 4 members (excludes halogenated alkanes) is 1. The van der Waals surface area contributed by atoms with Gasteiger partial charge in [0.25, 0.3) is 0 Å². The first-order valence-corrected chi connectivity index (χ1v) is 6.80. The number of hydrogen-bond acceptors (Lipinski definition) is 2. The van der Waals surface area contributed by atoms with E-state index in [1.165, 1.54) is 12.8 Å². The highest BCUT2D eigenvalue weighted by molar-refractivity contribution is 5.82. The molecule has 2 heteroatoms. The number of fused-ring (bicyclic) bond motifs is 1. The van der Waals surface area contributed by atoms with Crippen LogP contribution in [0.3, 0.4) is 0 Å². The molecule has 0 aliphatic carbocycles. The Morgan fingerprint density at radius 3 is 2.89 bits per heavy atom. The van der Waals surface area contributed by atoms with Crippen LogP contribution in [-0.4, -0.2) is 4.98 Å². The van der Waals surface area contributed by atoms with Gasteiger partial charge in [-0.1, -0.05) is 31.5 Å². The van der Waals surface area contributed by atoms with Crippen LogP contribution in [0.1, 0.15) is 25.5 Å². The molecule has 19 heavy (non-hydrogen) atoms. The van der Waals surface area contributed by atoms with E-state index in [9.17, 15) is 0 Å². The van der Waals surface area contributed by atoms with Gasteiger partial charge in [-0.2, -0.15) is 0 Å². The molecule has 3 rings (SSSR count). The van der Waals surface area contributed by atoms with Crippen molar-refractivity contribution >= 4 is 10.9 Å². The van der Waals surface area contributed by atoms with E-state index in [-0.39, 0.29) is 0 Å². The summed E-state index contributed by atoms with van der Waals surface area (Å²) in [5, 5.41) is 1.14. The zero-order chi connectivity index (χ0) is 13.1. The summed E-state index contributed by atoms with van der Waals surface area (Å²) in [6.45, 7) is 2.19. The van der Waals surface area contributed by atoms with Crippen molar-refractivity contribution < 1.29 is 4.42 Å². The summed E-state index contributed by atoms with van der Waals surface area (Å²) in [5.74, 6) is 1.97. The topological polar surface area (TPSA) is 26.0 Å². The Kier molecular flexibility index (Phi) is 3.32. The van der Waals surface area contributed by atoms with Crippen molar-refractivity contribution in [3.05, 3.63) is 54.4 Å². The predicted molar refractivity (Wildman–Crippen MR) is 78.1 cm³/mol. The quantitative estimate of drug-likeness (QED) is 0.663. The summed E-state index contributed by atoms with van der Waals surface area (Å²) in [5.41, 5.74) is 2.06. The van der Waals surface area contributed by atoms with E-state index in [2.05, 4.69) is 30.1 Å². The fourth-order valence-electron chi connectivity index (χ4n) is 2.22. The smallest absolute Gasteiger partial charge is 0.135 e.